The van der Waals surface area contributed by atoms with E-state index in [4.69, 9.17) is 5.73 Å². The molecular formula is C15H22N4OS2. The van der Waals surface area contributed by atoms with E-state index in [1.54, 1.807) is 18.3 Å². The highest BCUT2D eigenvalue weighted by molar-refractivity contribution is 8.03. The number of piperazine rings is 1. The summed E-state index contributed by atoms with van der Waals surface area (Å²) in [6, 6.07) is 4.20. The van der Waals surface area contributed by atoms with Crippen molar-refractivity contribution < 1.29 is 4.79 Å². The molecule has 1 aromatic rings. The van der Waals surface area contributed by atoms with E-state index in [-0.39, 0.29) is 0 Å². The van der Waals surface area contributed by atoms with Crippen molar-refractivity contribution in [2.45, 2.75) is 6.04 Å². The highest BCUT2D eigenvalue weighted by Crippen LogP contribution is 2.23. The van der Waals surface area contributed by atoms with Gasteiger partial charge in [0.25, 0.3) is 5.91 Å². The summed E-state index contributed by atoms with van der Waals surface area (Å²) in [7, 11) is 0. The predicted molar refractivity (Wildman–Crippen MR) is 95.0 cm³/mol. The van der Waals surface area contributed by atoms with Crippen LogP contribution >= 0.6 is 23.5 Å². The molecule has 2 saturated heterocycles. The standard InChI is InChI=1S/C15H22N4OS2/c16-14(20)13-2-1-3-17-15(13)19-6-4-18(5-7-19)12-10-21-8-9-22-11-12/h1-3,12H,4-11H2,(H2,16,20). The Morgan fingerprint density at radius 3 is 2.50 bits per heavy atom. The summed E-state index contributed by atoms with van der Waals surface area (Å²) >= 11 is 4.14. The van der Waals surface area contributed by atoms with Crippen molar-refractivity contribution in [3.05, 3.63) is 23.9 Å². The lowest BCUT2D eigenvalue weighted by molar-refractivity contribution is 0.1000. The molecule has 0 spiro atoms. The number of aromatic nitrogens is 1. The molecule has 0 bridgehead atoms. The monoisotopic (exact) mass is 338 g/mol. The second-order valence-corrected chi connectivity index (χ2v) is 7.87. The van der Waals surface area contributed by atoms with Gasteiger partial charge in [0, 0.05) is 61.4 Å². The highest BCUT2D eigenvalue weighted by Gasteiger charge is 2.26. The average Bonchev–Trinajstić information content (AvgIpc) is 2.84. The number of carbonyl (C=O) groups is 1. The number of carbonyl (C=O) groups excluding carboxylic acids is 1. The Morgan fingerprint density at radius 1 is 1.18 bits per heavy atom. The molecule has 2 fully saturated rings. The number of nitrogens with two attached hydrogens (primary N) is 1. The SMILES string of the molecule is NC(=O)c1cccnc1N1CCN(C2CSCCSC2)CC1. The smallest absolute Gasteiger partial charge is 0.252 e. The average molecular weight is 339 g/mol. The first-order chi connectivity index (χ1) is 10.8. The van der Waals surface area contributed by atoms with E-state index in [1.807, 2.05) is 0 Å². The minimum atomic E-state index is -0.401. The predicted octanol–water partition coefficient (Wildman–Crippen LogP) is 1.15. The first kappa shape index (κ1) is 16.0. The summed E-state index contributed by atoms with van der Waals surface area (Å²) in [5, 5.41) is 0. The van der Waals surface area contributed by atoms with Crippen molar-refractivity contribution >= 4 is 35.2 Å². The van der Waals surface area contributed by atoms with Crippen LogP contribution < -0.4 is 10.6 Å². The zero-order valence-electron chi connectivity index (χ0n) is 12.6. The Bertz CT molecular complexity index is 512. The summed E-state index contributed by atoms with van der Waals surface area (Å²) in [6.07, 6.45) is 1.73. The summed E-state index contributed by atoms with van der Waals surface area (Å²) < 4.78 is 0. The fraction of sp³-hybridized carbons (Fsp3) is 0.600. The van der Waals surface area contributed by atoms with Gasteiger partial charge in [0.1, 0.15) is 5.82 Å². The molecule has 0 unspecified atom stereocenters. The minimum Gasteiger partial charge on any atom is -0.365 e. The quantitative estimate of drug-likeness (QED) is 0.892. The number of anilines is 1. The molecule has 5 nitrogen and oxygen atoms in total. The molecule has 0 aromatic carbocycles. The van der Waals surface area contributed by atoms with Gasteiger partial charge in [-0.3, -0.25) is 9.69 Å². The number of pyridine rings is 1. The molecule has 0 aliphatic carbocycles. The van der Waals surface area contributed by atoms with E-state index in [0.29, 0.717) is 11.6 Å². The Balaban J connectivity index is 1.63. The maximum atomic E-state index is 11.6. The van der Waals surface area contributed by atoms with E-state index in [2.05, 4.69) is 38.3 Å². The van der Waals surface area contributed by atoms with Crippen LogP contribution in [0.25, 0.3) is 0 Å². The van der Waals surface area contributed by atoms with Crippen LogP contribution in [0.3, 0.4) is 0 Å². The Kier molecular flexibility index (Phi) is 5.49. The minimum absolute atomic E-state index is 0.401. The molecule has 120 valence electrons. The topological polar surface area (TPSA) is 62.5 Å². The molecule has 0 atom stereocenters. The van der Waals surface area contributed by atoms with E-state index in [9.17, 15) is 4.79 Å². The van der Waals surface area contributed by atoms with Gasteiger partial charge in [-0.15, -0.1) is 0 Å². The van der Waals surface area contributed by atoms with Crippen molar-refractivity contribution in [3.63, 3.8) is 0 Å². The van der Waals surface area contributed by atoms with Gasteiger partial charge < -0.3 is 10.6 Å². The third-order valence-corrected chi connectivity index (χ3v) is 6.66. The van der Waals surface area contributed by atoms with E-state index >= 15 is 0 Å². The van der Waals surface area contributed by atoms with Gasteiger partial charge in [-0.25, -0.2) is 4.98 Å². The number of nitrogens with zero attached hydrogens (tertiary/aromatic N) is 3. The zero-order chi connectivity index (χ0) is 15.4. The van der Waals surface area contributed by atoms with Crippen LogP contribution in [0.2, 0.25) is 0 Å². The molecule has 7 heteroatoms. The fourth-order valence-corrected chi connectivity index (χ4v) is 5.58. The van der Waals surface area contributed by atoms with Crippen LogP contribution in [-0.2, 0) is 0 Å². The maximum Gasteiger partial charge on any atom is 0.252 e. The van der Waals surface area contributed by atoms with Crippen LogP contribution in [-0.4, -0.2) is 71.0 Å². The van der Waals surface area contributed by atoms with Gasteiger partial charge >= 0.3 is 0 Å². The lowest BCUT2D eigenvalue weighted by atomic mass is 10.2. The molecule has 1 aromatic heterocycles. The maximum absolute atomic E-state index is 11.6. The third-order valence-electron chi connectivity index (χ3n) is 4.17. The van der Waals surface area contributed by atoms with Gasteiger partial charge in [0.05, 0.1) is 5.56 Å². The largest absolute Gasteiger partial charge is 0.365 e. The Hall–Kier alpha value is -0.920. The number of primary amides is 1. The van der Waals surface area contributed by atoms with Crippen molar-refractivity contribution in [2.75, 3.05) is 54.1 Å². The van der Waals surface area contributed by atoms with Crippen LogP contribution in [0, 0.1) is 0 Å². The second-order valence-electron chi connectivity index (χ2n) is 5.57. The van der Waals surface area contributed by atoms with Gasteiger partial charge in [0.15, 0.2) is 0 Å². The highest BCUT2D eigenvalue weighted by atomic mass is 32.2. The lowest BCUT2D eigenvalue weighted by Gasteiger charge is -2.39. The van der Waals surface area contributed by atoms with Crippen LogP contribution in [0.5, 0.6) is 0 Å². The summed E-state index contributed by atoms with van der Waals surface area (Å²) in [6.45, 7) is 3.87. The summed E-state index contributed by atoms with van der Waals surface area (Å²) in [5.74, 6) is 5.36. The zero-order valence-corrected chi connectivity index (χ0v) is 14.2. The normalized spacial score (nSPS) is 21.5. The lowest BCUT2D eigenvalue weighted by Crippen LogP contribution is -2.52. The van der Waals surface area contributed by atoms with Gasteiger partial charge in [-0.05, 0) is 12.1 Å². The van der Waals surface area contributed by atoms with E-state index < -0.39 is 5.91 Å². The Morgan fingerprint density at radius 2 is 1.86 bits per heavy atom. The first-order valence-corrected chi connectivity index (χ1v) is 9.96. The molecule has 22 heavy (non-hydrogen) atoms. The fourth-order valence-electron chi connectivity index (χ4n) is 2.96. The van der Waals surface area contributed by atoms with Crippen molar-refractivity contribution in [2.24, 2.45) is 5.73 Å². The molecule has 0 saturated carbocycles. The molecule has 1 amide bonds. The summed E-state index contributed by atoms with van der Waals surface area (Å²) in [4.78, 5) is 20.7. The van der Waals surface area contributed by atoms with Crippen LogP contribution in [0.4, 0.5) is 5.82 Å². The van der Waals surface area contributed by atoms with Crippen LogP contribution in [0.1, 0.15) is 10.4 Å². The number of hydrogen-bond donors (Lipinski definition) is 1. The van der Waals surface area contributed by atoms with E-state index in [1.165, 1.54) is 23.0 Å². The van der Waals surface area contributed by atoms with Crippen molar-refractivity contribution in [1.82, 2.24) is 9.88 Å². The Labute approximate surface area is 140 Å². The van der Waals surface area contributed by atoms with Gasteiger partial charge in [0.2, 0.25) is 0 Å². The number of hydrogen-bond acceptors (Lipinski definition) is 6. The number of amides is 1. The van der Waals surface area contributed by atoms with Crippen molar-refractivity contribution in [1.29, 1.82) is 0 Å². The molecule has 2 aliphatic rings. The second kappa shape index (κ2) is 7.57. The molecule has 0 radical (unpaired) electrons. The molecule has 3 heterocycles. The molecule has 2 N–H and O–H groups in total. The summed E-state index contributed by atoms with van der Waals surface area (Å²) in [5.41, 5.74) is 5.99. The van der Waals surface area contributed by atoms with Gasteiger partial charge in [-0.1, -0.05) is 0 Å². The number of rotatable bonds is 3. The van der Waals surface area contributed by atoms with Crippen LogP contribution in [0.15, 0.2) is 18.3 Å². The van der Waals surface area contributed by atoms with Gasteiger partial charge in [-0.2, -0.15) is 23.5 Å². The molecule has 3 rings (SSSR count). The molecular weight excluding hydrogens is 316 g/mol. The molecule has 2 aliphatic heterocycles. The van der Waals surface area contributed by atoms with Crippen molar-refractivity contribution in [3.8, 4) is 0 Å². The first-order valence-electron chi connectivity index (χ1n) is 7.65. The third kappa shape index (κ3) is 3.70. The van der Waals surface area contributed by atoms with E-state index in [0.717, 1.165) is 32.0 Å². The number of thioether (sulfide) groups is 2.